The molecular weight excluding hydrogens is 660 g/mol. The number of benzene rings is 4. The van der Waals surface area contributed by atoms with Gasteiger partial charge in [-0.15, -0.1) is 10.2 Å². The Morgan fingerprint density at radius 2 is 1.64 bits per heavy atom. The Morgan fingerprint density at radius 3 is 2.36 bits per heavy atom. The van der Waals surface area contributed by atoms with Crippen molar-refractivity contribution in [3.05, 3.63) is 131 Å². The quantitative estimate of drug-likeness (QED) is 0.152. The van der Waals surface area contributed by atoms with Gasteiger partial charge in [-0.1, -0.05) is 66.4 Å². The van der Waals surface area contributed by atoms with Crippen molar-refractivity contribution in [1.82, 2.24) is 25.1 Å². The van der Waals surface area contributed by atoms with Crippen molar-refractivity contribution in [3.63, 3.8) is 0 Å². The lowest BCUT2D eigenvalue weighted by Crippen LogP contribution is -2.29. The molecule has 256 valence electrons. The summed E-state index contributed by atoms with van der Waals surface area (Å²) in [6.45, 7) is 0.392. The molecule has 0 bridgehead atoms. The van der Waals surface area contributed by atoms with Crippen LogP contribution < -0.4 is 19.5 Å². The van der Waals surface area contributed by atoms with Crippen molar-refractivity contribution in [2.45, 2.75) is 30.7 Å². The Morgan fingerprint density at radius 1 is 0.880 bits per heavy atom. The molecule has 0 fully saturated rings. The molecule has 13 heteroatoms. The number of carbonyl (C=O) groups excluding carboxylic acids is 2. The first-order valence-electron chi connectivity index (χ1n) is 15.8. The van der Waals surface area contributed by atoms with Gasteiger partial charge in [0.25, 0.3) is 11.8 Å². The lowest BCUT2D eigenvalue weighted by atomic mass is 9.97. The molecule has 1 aliphatic heterocycles. The van der Waals surface area contributed by atoms with Crippen molar-refractivity contribution in [1.29, 1.82) is 0 Å². The fraction of sp³-hybridized carbons (Fsp3) is 0.216. The van der Waals surface area contributed by atoms with E-state index in [0.29, 0.717) is 41.2 Å². The van der Waals surface area contributed by atoms with E-state index in [4.69, 9.17) is 19.3 Å². The van der Waals surface area contributed by atoms with E-state index in [1.807, 2.05) is 71.3 Å². The second-order valence-corrected chi connectivity index (χ2v) is 12.2. The Kier molecular flexibility index (Phi) is 10.7. The van der Waals surface area contributed by atoms with E-state index in [1.54, 1.807) is 33.5 Å². The van der Waals surface area contributed by atoms with Crippen LogP contribution >= 0.6 is 11.8 Å². The normalized spacial score (nSPS) is 13.9. The molecule has 0 saturated carbocycles. The van der Waals surface area contributed by atoms with Crippen molar-refractivity contribution in [2.75, 3.05) is 27.1 Å². The van der Waals surface area contributed by atoms with Gasteiger partial charge < -0.3 is 24.1 Å². The number of rotatable bonds is 13. The molecule has 1 atom stereocenters. The second kappa shape index (κ2) is 15.7. The predicted octanol–water partition coefficient (Wildman–Crippen LogP) is 5.89. The summed E-state index contributed by atoms with van der Waals surface area (Å²) in [6, 6.07) is 28.1. The molecule has 1 N–H and O–H groups in total. The summed E-state index contributed by atoms with van der Waals surface area (Å²) in [5.41, 5.74) is 3.27. The number of aromatic nitrogens is 3. The molecule has 6 rings (SSSR count). The van der Waals surface area contributed by atoms with Crippen LogP contribution in [0, 0.1) is 5.82 Å². The zero-order chi connectivity index (χ0) is 35.0. The number of para-hydroxylation sites is 1. The van der Waals surface area contributed by atoms with Gasteiger partial charge in [0.2, 0.25) is 0 Å². The number of ether oxygens (including phenoxy) is 3. The van der Waals surface area contributed by atoms with Gasteiger partial charge in [0, 0.05) is 12.0 Å². The largest absolute Gasteiger partial charge is 0.497 e. The molecule has 1 aromatic heterocycles. The first-order chi connectivity index (χ1) is 24.4. The third kappa shape index (κ3) is 7.47. The standard InChI is InChI=1S/C37H35FN6O5S/c1-47-26-18-16-25(17-19-26)30-20-31(28-13-9-15-32(48-2)35(28)49-3)44(42-30)34(45)23-50-37-41-40-33(43(37)22-24-10-5-4-6-11-24)21-39-36(46)27-12-7-8-14-29(27)38/h4-19,31H,20-23H2,1-3H3,(H,39,46). The van der Waals surface area contributed by atoms with Gasteiger partial charge in [0.1, 0.15) is 11.6 Å². The number of hydrazone groups is 1. The molecule has 1 unspecified atom stereocenters. The lowest BCUT2D eigenvalue weighted by molar-refractivity contribution is -0.130. The minimum atomic E-state index is -0.616. The van der Waals surface area contributed by atoms with E-state index >= 15 is 0 Å². The van der Waals surface area contributed by atoms with Crippen molar-refractivity contribution in [3.8, 4) is 17.2 Å². The van der Waals surface area contributed by atoms with Gasteiger partial charge in [0.05, 0.1) is 57.5 Å². The molecule has 1 aliphatic rings. The van der Waals surface area contributed by atoms with Gasteiger partial charge in [-0.3, -0.25) is 9.59 Å². The number of halogens is 1. The highest BCUT2D eigenvalue weighted by molar-refractivity contribution is 7.99. The van der Waals surface area contributed by atoms with Crippen LogP contribution in [0.5, 0.6) is 17.2 Å². The monoisotopic (exact) mass is 694 g/mol. The number of nitrogens with one attached hydrogen (secondary N) is 1. The molecule has 0 spiro atoms. The smallest absolute Gasteiger partial charge is 0.254 e. The van der Waals surface area contributed by atoms with E-state index in [0.717, 1.165) is 22.4 Å². The summed E-state index contributed by atoms with van der Waals surface area (Å²) >= 11 is 1.22. The van der Waals surface area contributed by atoms with Gasteiger partial charge in [-0.2, -0.15) is 5.10 Å². The van der Waals surface area contributed by atoms with E-state index in [-0.39, 0.29) is 23.8 Å². The number of nitrogens with zero attached hydrogens (tertiary/aromatic N) is 5. The molecule has 2 heterocycles. The van der Waals surface area contributed by atoms with Crippen LogP contribution in [0.1, 0.15) is 45.3 Å². The van der Waals surface area contributed by atoms with Crippen LogP contribution in [0.4, 0.5) is 4.39 Å². The summed E-state index contributed by atoms with van der Waals surface area (Å²) in [4.78, 5) is 26.8. The Bertz CT molecular complexity index is 2000. The Balaban J connectivity index is 1.26. The maximum Gasteiger partial charge on any atom is 0.254 e. The first-order valence-corrected chi connectivity index (χ1v) is 16.7. The van der Waals surface area contributed by atoms with E-state index in [2.05, 4.69) is 15.5 Å². The fourth-order valence-corrected chi connectivity index (χ4v) is 6.50. The minimum absolute atomic E-state index is 0.000849. The molecule has 4 aromatic carbocycles. The van der Waals surface area contributed by atoms with Crippen molar-refractivity contribution < 1.29 is 28.2 Å². The van der Waals surface area contributed by atoms with E-state index < -0.39 is 17.8 Å². The average molecular weight is 695 g/mol. The number of amides is 2. The SMILES string of the molecule is COc1ccc(C2=NN(C(=O)CSc3nnc(CNC(=O)c4ccccc4F)n3Cc3ccccc3)C(c3cccc(OC)c3OC)C2)cc1. The van der Waals surface area contributed by atoms with E-state index in [1.165, 1.54) is 35.0 Å². The average Bonchev–Trinajstić information content (AvgIpc) is 3.77. The molecule has 0 saturated heterocycles. The van der Waals surface area contributed by atoms with Crippen LogP contribution in [0.3, 0.4) is 0 Å². The summed E-state index contributed by atoms with van der Waals surface area (Å²) in [6.07, 6.45) is 0.447. The van der Waals surface area contributed by atoms with Gasteiger partial charge in [-0.25, -0.2) is 9.40 Å². The first kappa shape index (κ1) is 34.2. The number of methoxy groups -OCH3 is 3. The maximum atomic E-state index is 14.2. The highest BCUT2D eigenvalue weighted by Gasteiger charge is 2.36. The fourth-order valence-electron chi connectivity index (χ4n) is 5.69. The van der Waals surface area contributed by atoms with Crippen LogP contribution in [0.15, 0.2) is 107 Å². The lowest BCUT2D eigenvalue weighted by Gasteiger charge is -2.24. The Hall–Kier alpha value is -5.69. The van der Waals surface area contributed by atoms with Crippen LogP contribution in [0.2, 0.25) is 0 Å². The summed E-state index contributed by atoms with van der Waals surface area (Å²) in [7, 11) is 4.75. The molecule has 0 aliphatic carbocycles. The number of thioether (sulfide) groups is 1. The highest BCUT2D eigenvalue weighted by Crippen LogP contribution is 2.42. The van der Waals surface area contributed by atoms with Gasteiger partial charge in [-0.05, 0) is 53.6 Å². The molecule has 5 aromatic rings. The third-order valence-corrected chi connectivity index (χ3v) is 9.16. The topological polar surface area (TPSA) is 120 Å². The zero-order valence-electron chi connectivity index (χ0n) is 27.7. The van der Waals surface area contributed by atoms with Gasteiger partial charge in [0.15, 0.2) is 22.5 Å². The molecule has 11 nitrogen and oxygen atoms in total. The van der Waals surface area contributed by atoms with Gasteiger partial charge >= 0.3 is 0 Å². The second-order valence-electron chi connectivity index (χ2n) is 11.2. The minimum Gasteiger partial charge on any atom is -0.497 e. The summed E-state index contributed by atoms with van der Waals surface area (Å²) in [5.74, 6) is 0.806. The zero-order valence-corrected chi connectivity index (χ0v) is 28.5. The Labute approximate surface area is 293 Å². The van der Waals surface area contributed by atoms with Crippen LogP contribution in [0.25, 0.3) is 0 Å². The summed E-state index contributed by atoms with van der Waals surface area (Å²) < 4.78 is 32.7. The maximum absolute atomic E-state index is 14.2. The molecule has 50 heavy (non-hydrogen) atoms. The number of hydrogen-bond acceptors (Lipinski definition) is 9. The highest BCUT2D eigenvalue weighted by atomic mass is 32.2. The third-order valence-electron chi connectivity index (χ3n) is 8.21. The summed E-state index contributed by atoms with van der Waals surface area (Å²) in [5, 5.41) is 18.3. The molecule has 2 amide bonds. The molecule has 0 radical (unpaired) electrons. The van der Waals surface area contributed by atoms with Crippen molar-refractivity contribution >= 4 is 29.3 Å². The van der Waals surface area contributed by atoms with Crippen LogP contribution in [-0.4, -0.2) is 64.4 Å². The molecular formula is C37H35FN6O5S. The number of carbonyl (C=O) groups is 2. The number of hydrogen-bond donors (Lipinski definition) is 1. The van der Waals surface area contributed by atoms with Crippen LogP contribution in [-0.2, 0) is 17.9 Å². The van der Waals surface area contributed by atoms with E-state index in [9.17, 15) is 14.0 Å². The van der Waals surface area contributed by atoms with Crippen molar-refractivity contribution in [2.24, 2.45) is 5.10 Å². The predicted molar refractivity (Wildman–Crippen MR) is 187 cm³/mol.